The topological polar surface area (TPSA) is 78.3 Å². The molecule has 7 heteroatoms. The van der Waals surface area contributed by atoms with Gasteiger partial charge in [-0.1, -0.05) is 11.3 Å². The van der Waals surface area contributed by atoms with E-state index in [0.29, 0.717) is 5.92 Å². The molecule has 0 aliphatic carbocycles. The third kappa shape index (κ3) is 2.99. The number of aryl methyl sites for hydroxylation is 1. The van der Waals surface area contributed by atoms with Gasteiger partial charge < -0.3 is 10.5 Å². The van der Waals surface area contributed by atoms with Crippen molar-refractivity contribution in [3.63, 3.8) is 0 Å². The average Bonchev–Trinajstić information content (AvgIpc) is 2.99. The van der Waals surface area contributed by atoms with Gasteiger partial charge >= 0.3 is 0 Å². The molecule has 1 aliphatic rings. The molecule has 1 atom stereocenters. The van der Waals surface area contributed by atoms with Crippen LogP contribution in [0.25, 0.3) is 4.96 Å². The SMILES string of the molecule is CC(N)CCCc1nn2c(C3CCOCC3)nnc2s1. The Labute approximate surface area is 122 Å². The number of hydrogen-bond donors (Lipinski definition) is 1. The van der Waals surface area contributed by atoms with E-state index in [2.05, 4.69) is 15.3 Å². The van der Waals surface area contributed by atoms with Crippen LogP contribution in [-0.4, -0.2) is 39.1 Å². The fraction of sp³-hybridized carbons (Fsp3) is 0.769. The minimum Gasteiger partial charge on any atom is -0.381 e. The van der Waals surface area contributed by atoms with Gasteiger partial charge in [0.15, 0.2) is 5.82 Å². The van der Waals surface area contributed by atoms with Gasteiger partial charge in [0.05, 0.1) is 0 Å². The van der Waals surface area contributed by atoms with Gasteiger partial charge in [-0.3, -0.25) is 0 Å². The molecule has 1 aliphatic heterocycles. The second kappa shape index (κ2) is 6.15. The first-order chi connectivity index (χ1) is 9.74. The summed E-state index contributed by atoms with van der Waals surface area (Å²) in [5, 5.41) is 14.4. The van der Waals surface area contributed by atoms with Gasteiger partial charge in [-0.25, -0.2) is 0 Å². The number of fused-ring (bicyclic) bond motifs is 1. The second-order valence-corrected chi connectivity index (χ2v) is 6.55. The van der Waals surface area contributed by atoms with Crippen LogP contribution in [0.15, 0.2) is 0 Å². The molecule has 0 aromatic carbocycles. The molecule has 20 heavy (non-hydrogen) atoms. The summed E-state index contributed by atoms with van der Waals surface area (Å²) < 4.78 is 7.34. The predicted molar refractivity (Wildman–Crippen MR) is 78.0 cm³/mol. The van der Waals surface area contributed by atoms with Crippen LogP contribution in [0.2, 0.25) is 0 Å². The highest BCUT2D eigenvalue weighted by Crippen LogP contribution is 2.27. The summed E-state index contributed by atoms with van der Waals surface area (Å²) >= 11 is 1.64. The van der Waals surface area contributed by atoms with Crippen molar-refractivity contribution in [3.05, 3.63) is 10.8 Å². The van der Waals surface area contributed by atoms with E-state index < -0.39 is 0 Å². The van der Waals surface area contributed by atoms with Crippen LogP contribution in [-0.2, 0) is 11.2 Å². The van der Waals surface area contributed by atoms with Gasteiger partial charge in [-0.05, 0) is 32.6 Å². The third-order valence-electron chi connectivity index (χ3n) is 3.69. The highest BCUT2D eigenvalue weighted by molar-refractivity contribution is 7.16. The van der Waals surface area contributed by atoms with E-state index in [9.17, 15) is 0 Å². The minimum absolute atomic E-state index is 0.263. The van der Waals surface area contributed by atoms with Gasteiger partial charge in [0, 0.05) is 31.6 Å². The fourth-order valence-corrected chi connectivity index (χ4v) is 3.44. The van der Waals surface area contributed by atoms with Crippen LogP contribution in [0.4, 0.5) is 0 Å². The van der Waals surface area contributed by atoms with Gasteiger partial charge in [0.25, 0.3) is 0 Å². The Hall–Kier alpha value is -1.05. The molecule has 2 aromatic rings. The Bertz CT molecular complexity index is 558. The van der Waals surface area contributed by atoms with Gasteiger partial charge in [0.2, 0.25) is 4.96 Å². The van der Waals surface area contributed by atoms with Crippen LogP contribution < -0.4 is 5.73 Å². The molecular formula is C13H21N5OS. The molecule has 3 rings (SSSR count). The number of nitrogens with two attached hydrogens (primary N) is 1. The largest absolute Gasteiger partial charge is 0.381 e. The zero-order valence-electron chi connectivity index (χ0n) is 11.8. The normalized spacial score (nSPS) is 18.7. The van der Waals surface area contributed by atoms with Gasteiger partial charge in [0.1, 0.15) is 5.01 Å². The highest BCUT2D eigenvalue weighted by atomic mass is 32.1. The molecule has 1 saturated heterocycles. The standard InChI is InChI=1S/C13H21N5OS/c1-9(14)3-2-4-11-17-18-12(15-16-13(18)20-11)10-5-7-19-8-6-10/h9-10H,2-8,14H2,1H3. The zero-order chi connectivity index (χ0) is 13.9. The zero-order valence-corrected chi connectivity index (χ0v) is 12.6. The minimum atomic E-state index is 0.263. The molecule has 0 bridgehead atoms. The predicted octanol–water partition coefficient (Wildman–Crippen LogP) is 1.75. The molecule has 1 unspecified atom stereocenters. The van der Waals surface area contributed by atoms with E-state index >= 15 is 0 Å². The second-order valence-electron chi connectivity index (χ2n) is 5.50. The summed E-state index contributed by atoms with van der Waals surface area (Å²) in [6, 6.07) is 0.263. The summed E-state index contributed by atoms with van der Waals surface area (Å²) in [4.78, 5) is 0.905. The summed E-state index contributed by atoms with van der Waals surface area (Å²) in [5.41, 5.74) is 5.78. The van der Waals surface area contributed by atoms with Crippen molar-refractivity contribution < 1.29 is 4.74 Å². The van der Waals surface area contributed by atoms with Crippen LogP contribution in [0.1, 0.15) is 49.4 Å². The maximum Gasteiger partial charge on any atom is 0.234 e. The van der Waals surface area contributed by atoms with E-state index in [4.69, 9.17) is 10.5 Å². The van der Waals surface area contributed by atoms with E-state index in [1.54, 1.807) is 11.3 Å². The first kappa shape index (κ1) is 13.9. The molecule has 0 spiro atoms. The quantitative estimate of drug-likeness (QED) is 0.909. The molecule has 2 N–H and O–H groups in total. The lowest BCUT2D eigenvalue weighted by Crippen LogP contribution is -2.16. The van der Waals surface area contributed by atoms with Crippen molar-refractivity contribution in [1.82, 2.24) is 19.8 Å². The molecule has 0 radical (unpaired) electrons. The van der Waals surface area contributed by atoms with E-state index in [1.807, 2.05) is 11.4 Å². The molecule has 0 saturated carbocycles. The molecule has 2 aromatic heterocycles. The van der Waals surface area contributed by atoms with E-state index in [-0.39, 0.29) is 6.04 Å². The molecule has 110 valence electrons. The molecule has 6 nitrogen and oxygen atoms in total. The first-order valence-electron chi connectivity index (χ1n) is 7.28. The van der Waals surface area contributed by atoms with E-state index in [0.717, 1.165) is 61.1 Å². The number of hydrogen-bond acceptors (Lipinski definition) is 6. The summed E-state index contributed by atoms with van der Waals surface area (Å²) in [5.74, 6) is 1.43. The third-order valence-corrected chi connectivity index (χ3v) is 4.65. The van der Waals surface area contributed by atoms with E-state index in [1.165, 1.54) is 0 Å². The van der Waals surface area contributed by atoms with Crippen molar-refractivity contribution in [2.45, 2.75) is 51.0 Å². The molecular weight excluding hydrogens is 274 g/mol. The Morgan fingerprint density at radius 3 is 2.95 bits per heavy atom. The van der Waals surface area contributed by atoms with Crippen molar-refractivity contribution in [2.24, 2.45) is 5.73 Å². The van der Waals surface area contributed by atoms with Crippen LogP contribution in [0.5, 0.6) is 0 Å². The lowest BCUT2D eigenvalue weighted by molar-refractivity contribution is 0.0831. The van der Waals surface area contributed by atoms with Gasteiger partial charge in [-0.2, -0.15) is 9.61 Å². The molecule has 3 heterocycles. The number of ether oxygens (including phenoxy) is 1. The maximum absolute atomic E-state index is 5.78. The summed E-state index contributed by atoms with van der Waals surface area (Å²) in [7, 11) is 0. The van der Waals surface area contributed by atoms with Crippen molar-refractivity contribution >= 4 is 16.3 Å². The van der Waals surface area contributed by atoms with Crippen molar-refractivity contribution in [2.75, 3.05) is 13.2 Å². The molecule has 1 fully saturated rings. The molecule has 0 amide bonds. The summed E-state index contributed by atoms with van der Waals surface area (Å²) in [6.07, 6.45) is 5.11. The lowest BCUT2D eigenvalue weighted by atomic mass is 10.00. The Balaban J connectivity index is 1.72. The summed E-state index contributed by atoms with van der Waals surface area (Å²) in [6.45, 7) is 3.66. The maximum atomic E-state index is 5.78. The average molecular weight is 295 g/mol. The van der Waals surface area contributed by atoms with Crippen LogP contribution >= 0.6 is 11.3 Å². The lowest BCUT2D eigenvalue weighted by Gasteiger charge is -2.19. The Kier molecular flexibility index (Phi) is 4.28. The monoisotopic (exact) mass is 295 g/mol. The number of nitrogens with zero attached hydrogens (tertiary/aromatic N) is 4. The number of aromatic nitrogens is 4. The van der Waals surface area contributed by atoms with Crippen LogP contribution in [0.3, 0.4) is 0 Å². The van der Waals surface area contributed by atoms with Crippen molar-refractivity contribution in [1.29, 1.82) is 0 Å². The first-order valence-corrected chi connectivity index (χ1v) is 8.10. The Morgan fingerprint density at radius 1 is 1.40 bits per heavy atom. The van der Waals surface area contributed by atoms with Crippen molar-refractivity contribution in [3.8, 4) is 0 Å². The van der Waals surface area contributed by atoms with Crippen LogP contribution in [0, 0.1) is 0 Å². The highest BCUT2D eigenvalue weighted by Gasteiger charge is 2.23. The fourth-order valence-electron chi connectivity index (χ4n) is 2.56. The Morgan fingerprint density at radius 2 is 2.20 bits per heavy atom. The van der Waals surface area contributed by atoms with Gasteiger partial charge in [-0.15, -0.1) is 10.2 Å². The number of rotatable bonds is 5. The smallest absolute Gasteiger partial charge is 0.234 e.